The Kier molecular flexibility index (Phi) is 7.31. The van der Waals surface area contributed by atoms with Gasteiger partial charge in [0.05, 0.1) is 16.7 Å². The summed E-state index contributed by atoms with van der Waals surface area (Å²) in [5.74, 6) is 0.662. The Bertz CT molecular complexity index is 1010. The smallest absolute Gasteiger partial charge is 0.262 e. The number of allylic oxidation sites excluding steroid dienone is 2. The molecule has 0 unspecified atom stereocenters. The second-order valence-corrected chi connectivity index (χ2v) is 10.1. The van der Waals surface area contributed by atoms with Gasteiger partial charge in [0.15, 0.2) is 5.16 Å². The summed E-state index contributed by atoms with van der Waals surface area (Å²) in [4.78, 5) is 17.7. The van der Waals surface area contributed by atoms with Gasteiger partial charge in [-0.2, -0.15) is 0 Å². The Hall–Kier alpha value is -1.64. The standard InChI is InChI=1S/C20H27N3O3S2/c1-21-28(25,26)15-7-14-27-20-22-18-11-6-5-10-17(18)19(24)23(20)13-12-16-8-3-2-4-9-16/h5-6,8,10-11,21H,2-4,7,9,12-15H2,1H3. The molecule has 6 nitrogen and oxygen atoms in total. The van der Waals surface area contributed by atoms with Crippen LogP contribution in [0.15, 0.2) is 45.9 Å². The van der Waals surface area contributed by atoms with Crippen molar-refractivity contribution in [2.24, 2.45) is 0 Å². The summed E-state index contributed by atoms with van der Waals surface area (Å²) < 4.78 is 27.3. The molecule has 3 rings (SSSR count). The summed E-state index contributed by atoms with van der Waals surface area (Å²) >= 11 is 1.45. The van der Waals surface area contributed by atoms with Crippen LogP contribution in [0.1, 0.15) is 38.5 Å². The van der Waals surface area contributed by atoms with Crippen LogP contribution in [0.4, 0.5) is 0 Å². The van der Waals surface area contributed by atoms with Crippen molar-refractivity contribution in [1.29, 1.82) is 0 Å². The van der Waals surface area contributed by atoms with Crippen LogP contribution >= 0.6 is 11.8 Å². The van der Waals surface area contributed by atoms with E-state index in [9.17, 15) is 13.2 Å². The monoisotopic (exact) mass is 421 g/mol. The number of benzene rings is 1. The normalized spacial score (nSPS) is 15.0. The maximum Gasteiger partial charge on any atom is 0.262 e. The van der Waals surface area contributed by atoms with Crippen molar-refractivity contribution in [2.75, 3.05) is 18.6 Å². The summed E-state index contributed by atoms with van der Waals surface area (Å²) in [5, 5.41) is 1.30. The SMILES string of the molecule is CNS(=O)(=O)CCCSc1nc2ccccc2c(=O)n1CCC1=CCCCC1. The lowest BCUT2D eigenvalue weighted by molar-refractivity contribution is 0.569. The Morgan fingerprint density at radius 1 is 1.25 bits per heavy atom. The van der Waals surface area contributed by atoms with Crippen molar-refractivity contribution in [3.8, 4) is 0 Å². The molecule has 0 saturated carbocycles. The third-order valence-corrected chi connectivity index (χ3v) is 7.48. The lowest BCUT2D eigenvalue weighted by Gasteiger charge is -2.16. The second kappa shape index (κ2) is 9.71. The van der Waals surface area contributed by atoms with Crippen LogP contribution < -0.4 is 10.3 Å². The van der Waals surface area contributed by atoms with E-state index in [1.807, 2.05) is 24.3 Å². The van der Waals surface area contributed by atoms with Crippen LogP contribution in [0, 0.1) is 0 Å². The second-order valence-electron chi connectivity index (χ2n) is 6.95. The molecule has 2 aromatic rings. The minimum absolute atomic E-state index is 0.0210. The number of thioether (sulfide) groups is 1. The first-order valence-corrected chi connectivity index (χ1v) is 12.4. The lowest BCUT2D eigenvalue weighted by atomic mass is 9.97. The number of hydrogen-bond acceptors (Lipinski definition) is 5. The van der Waals surface area contributed by atoms with E-state index < -0.39 is 10.0 Å². The summed E-state index contributed by atoms with van der Waals surface area (Å²) in [5.41, 5.74) is 2.08. The first kappa shape index (κ1) is 21.1. The van der Waals surface area contributed by atoms with Crippen molar-refractivity contribution in [1.82, 2.24) is 14.3 Å². The fraction of sp³-hybridized carbons (Fsp3) is 0.500. The molecular formula is C20H27N3O3S2. The molecule has 0 radical (unpaired) electrons. The van der Waals surface area contributed by atoms with Gasteiger partial charge in [-0.15, -0.1) is 0 Å². The molecule has 0 amide bonds. The number of fused-ring (bicyclic) bond motifs is 1. The predicted octanol–water partition coefficient (Wildman–Crippen LogP) is 3.32. The third kappa shape index (κ3) is 5.46. The first-order valence-electron chi connectivity index (χ1n) is 9.72. The maximum absolute atomic E-state index is 13.0. The van der Waals surface area contributed by atoms with E-state index in [1.165, 1.54) is 37.2 Å². The molecule has 0 bridgehead atoms. The molecule has 1 aliphatic rings. The highest BCUT2D eigenvalue weighted by atomic mass is 32.2. The topological polar surface area (TPSA) is 81.1 Å². The molecule has 1 aliphatic carbocycles. The number of nitrogens with one attached hydrogen (secondary N) is 1. The average Bonchev–Trinajstić information content (AvgIpc) is 2.71. The minimum Gasteiger partial charge on any atom is -0.287 e. The van der Waals surface area contributed by atoms with Crippen molar-refractivity contribution in [3.63, 3.8) is 0 Å². The highest BCUT2D eigenvalue weighted by molar-refractivity contribution is 7.99. The summed E-state index contributed by atoms with van der Waals surface area (Å²) in [6.45, 7) is 0.611. The van der Waals surface area contributed by atoms with E-state index in [4.69, 9.17) is 4.98 Å². The molecule has 0 fully saturated rings. The van der Waals surface area contributed by atoms with Gasteiger partial charge < -0.3 is 0 Å². The van der Waals surface area contributed by atoms with Crippen LogP contribution in [0.2, 0.25) is 0 Å². The fourth-order valence-corrected chi connectivity index (χ4v) is 5.23. The minimum atomic E-state index is -3.21. The van der Waals surface area contributed by atoms with Gasteiger partial charge in [0.1, 0.15) is 0 Å². The highest BCUT2D eigenvalue weighted by Gasteiger charge is 2.13. The van der Waals surface area contributed by atoms with Crippen LogP contribution in [-0.4, -0.2) is 36.5 Å². The number of para-hydroxylation sites is 1. The van der Waals surface area contributed by atoms with Gasteiger partial charge in [-0.3, -0.25) is 9.36 Å². The molecule has 0 spiro atoms. The van der Waals surface area contributed by atoms with Gasteiger partial charge >= 0.3 is 0 Å². The molecule has 1 aromatic carbocycles. The molecule has 0 saturated heterocycles. The van der Waals surface area contributed by atoms with Crippen molar-refractivity contribution >= 4 is 32.7 Å². The molecular weight excluding hydrogens is 394 g/mol. The van der Waals surface area contributed by atoms with E-state index in [1.54, 1.807) is 4.57 Å². The Morgan fingerprint density at radius 2 is 2.07 bits per heavy atom. The molecule has 8 heteroatoms. The van der Waals surface area contributed by atoms with Gasteiger partial charge in [0.25, 0.3) is 5.56 Å². The summed E-state index contributed by atoms with van der Waals surface area (Å²) in [6, 6.07) is 7.39. The fourth-order valence-electron chi connectivity index (χ4n) is 3.36. The quantitative estimate of drug-likeness (QED) is 0.291. The number of nitrogens with zero attached hydrogens (tertiary/aromatic N) is 2. The van der Waals surface area contributed by atoms with Gasteiger partial charge in [-0.25, -0.2) is 18.1 Å². The first-order chi connectivity index (χ1) is 13.5. The molecule has 1 aromatic heterocycles. The van der Waals surface area contributed by atoms with E-state index in [-0.39, 0.29) is 11.3 Å². The van der Waals surface area contributed by atoms with Crippen LogP contribution in [0.25, 0.3) is 10.9 Å². The molecule has 1 heterocycles. The Morgan fingerprint density at radius 3 is 2.82 bits per heavy atom. The van der Waals surface area contributed by atoms with Crippen molar-refractivity contribution < 1.29 is 8.42 Å². The molecule has 0 aliphatic heterocycles. The predicted molar refractivity (Wildman–Crippen MR) is 115 cm³/mol. The van der Waals surface area contributed by atoms with E-state index in [2.05, 4.69) is 10.8 Å². The zero-order chi connectivity index (χ0) is 20.0. The van der Waals surface area contributed by atoms with Gasteiger partial charge in [-0.1, -0.05) is 35.5 Å². The van der Waals surface area contributed by atoms with Crippen molar-refractivity contribution in [2.45, 2.75) is 50.2 Å². The van der Waals surface area contributed by atoms with E-state index in [0.29, 0.717) is 34.8 Å². The zero-order valence-corrected chi connectivity index (χ0v) is 17.8. The molecule has 152 valence electrons. The number of aromatic nitrogens is 2. The van der Waals surface area contributed by atoms with Crippen molar-refractivity contribution in [3.05, 3.63) is 46.3 Å². The molecule has 1 N–H and O–H groups in total. The van der Waals surface area contributed by atoms with Gasteiger partial charge in [0.2, 0.25) is 10.0 Å². The van der Waals surface area contributed by atoms with Crippen LogP contribution in [-0.2, 0) is 16.6 Å². The Balaban J connectivity index is 1.80. The number of rotatable bonds is 9. The van der Waals surface area contributed by atoms with Gasteiger partial charge in [-0.05, 0) is 57.7 Å². The third-order valence-electron chi connectivity index (χ3n) is 4.97. The zero-order valence-electron chi connectivity index (χ0n) is 16.2. The van der Waals surface area contributed by atoms with E-state index >= 15 is 0 Å². The maximum atomic E-state index is 13.0. The molecule has 0 atom stereocenters. The van der Waals surface area contributed by atoms with Crippen LogP contribution in [0.3, 0.4) is 0 Å². The summed E-state index contributed by atoms with van der Waals surface area (Å²) in [6.07, 6.45) is 8.37. The largest absolute Gasteiger partial charge is 0.287 e. The molecule has 28 heavy (non-hydrogen) atoms. The number of sulfonamides is 1. The van der Waals surface area contributed by atoms with E-state index in [0.717, 1.165) is 19.3 Å². The average molecular weight is 422 g/mol. The van der Waals surface area contributed by atoms with Gasteiger partial charge in [0, 0.05) is 12.3 Å². The lowest BCUT2D eigenvalue weighted by Crippen LogP contribution is -2.24. The van der Waals surface area contributed by atoms with Crippen LogP contribution in [0.5, 0.6) is 0 Å². The Labute approximate surface area is 170 Å². The summed E-state index contributed by atoms with van der Waals surface area (Å²) in [7, 11) is -1.79. The highest BCUT2D eigenvalue weighted by Crippen LogP contribution is 2.23. The number of hydrogen-bond donors (Lipinski definition) is 1.